The lowest BCUT2D eigenvalue weighted by Crippen LogP contribution is -2.01. The van der Waals surface area contributed by atoms with Gasteiger partial charge in [0.25, 0.3) is 0 Å². The van der Waals surface area contributed by atoms with Crippen LogP contribution in [0.2, 0.25) is 5.02 Å². The minimum absolute atomic E-state index is 0.0635. The Balaban J connectivity index is 2.31. The first-order valence-electron chi connectivity index (χ1n) is 5.47. The van der Waals surface area contributed by atoms with Gasteiger partial charge in [-0.15, -0.1) is 0 Å². The van der Waals surface area contributed by atoms with Crippen molar-refractivity contribution in [3.63, 3.8) is 0 Å². The van der Waals surface area contributed by atoms with Crippen molar-refractivity contribution >= 4 is 17.4 Å². The molecule has 0 bridgehead atoms. The lowest BCUT2D eigenvalue weighted by Gasteiger charge is -2.03. The van der Waals surface area contributed by atoms with E-state index in [1.807, 2.05) is 6.07 Å². The molecule has 18 heavy (non-hydrogen) atoms. The number of rotatable bonds is 3. The Labute approximate surface area is 110 Å². The number of benzene rings is 2. The van der Waals surface area contributed by atoms with Crippen LogP contribution in [-0.4, -0.2) is 5.78 Å². The first kappa shape index (κ1) is 12.3. The van der Waals surface area contributed by atoms with Gasteiger partial charge in [0.15, 0.2) is 5.78 Å². The van der Waals surface area contributed by atoms with Crippen molar-refractivity contribution < 1.29 is 4.79 Å². The molecule has 0 saturated carbocycles. The average molecular weight is 256 g/mol. The maximum absolute atomic E-state index is 12.2. The van der Waals surface area contributed by atoms with E-state index in [1.165, 1.54) is 0 Å². The monoisotopic (exact) mass is 255 g/mol. The van der Waals surface area contributed by atoms with Gasteiger partial charge < -0.3 is 0 Å². The molecule has 0 spiro atoms. The fraction of sp³-hybridized carbons (Fsp3) is 0.0667. The molecule has 0 heterocycles. The first-order valence-corrected chi connectivity index (χ1v) is 5.84. The molecular weight excluding hydrogens is 246 g/mol. The van der Waals surface area contributed by atoms with Crippen LogP contribution >= 0.6 is 11.6 Å². The second-order valence-corrected chi connectivity index (χ2v) is 4.31. The molecule has 0 radical (unpaired) electrons. The number of carbonyl (C=O) groups excluding carboxylic acids is 1. The van der Waals surface area contributed by atoms with Crippen LogP contribution in [0.5, 0.6) is 0 Å². The van der Waals surface area contributed by atoms with Gasteiger partial charge in [0.2, 0.25) is 0 Å². The predicted octanol–water partition coefficient (Wildman–Crippen LogP) is 3.64. The van der Waals surface area contributed by atoms with Crippen LogP contribution in [0.4, 0.5) is 0 Å². The Morgan fingerprint density at radius 2 is 1.83 bits per heavy atom. The van der Waals surface area contributed by atoms with Crippen molar-refractivity contribution in [3.8, 4) is 6.07 Å². The van der Waals surface area contributed by atoms with Crippen LogP contribution in [-0.2, 0) is 6.42 Å². The van der Waals surface area contributed by atoms with Crippen molar-refractivity contribution in [3.05, 3.63) is 70.2 Å². The molecule has 0 aliphatic heterocycles. The summed E-state index contributed by atoms with van der Waals surface area (Å²) in [4.78, 5) is 12.2. The minimum Gasteiger partial charge on any atom is -0.289 e. The van der Waals surface area contributed by atoms with Crippen molar-refractivity contribution in [1.29, 1.82) is 5.26 Å². The third-order valence-electron chi connectivity index (χ3n) is 2.58. The molecule has 0 aliphatic rings. The molecule has 0 atom stereocenters. The fourth-order valence-corrected chi connectivity index (χ4v) is 1.81. The average Bonchev–Trinajstić information content (AvgIpc) is 2.39. The Morgan fingerprint density at radius 3 is 2.50 bits per heavy atom. The van der Waals surface area contributed by atoms with E-state index in [1.54, 1.807) is 42.5 Å². The zero-order valence-electron chi connectivity index (χ0n) is 9.56. The predicted molar refractivity (Wildman–Crippen MR) is 70.6 cm³/mol. The summed E-state index contributed by atoms with van der Waals surface area (Å²) in [5.74, 6) is -0.0635. The summed E-state index contributed by atoms with van der Waals surface area (Å²) in [5.41, 5.74) is 2.02. The van der Waals surface area contributed by atoms with E-state index in [9.17, 15) is 4.79 Å². The molecular formula is C15H10ClNO. The molecule has 0 aromatic heterocycles. The summed E-state index contributed by atoms with van der Waals surface area (Å²) in [6, 6.07) is 16.0. The van der Waals surface area contributed by atoms with Gasteiger partial charge in [0.1, 0.15) is 0 Å². The molecule has 0 unspecified atom stereocenters. The molecule has 0 aliphatic carbocycles. The van der Waals surface area contributed by atoms with Gasteiger partial charge >= 0.3 is 0 Å². The standard InChI is InChI=1S/C15H10ClNO/c16-14-6-4-12(5-7-14)15(18)13-3-1-2-11(10-13)8-9-17/h1-7,10H,8H2. The highest BCUT2D eigenvalue weighted by atomic mass is 35.5. The van der Waals surface area contributed by atoms with Gasteiger partial charge in [0.05, 0.1) is 12.5 Å². The van der Waals surface area contributed by atoms with Gasteiger partial charge in [-0.2, -0.15) is 5.26 Å². The fourth-order valence-electron chi connectivity index (χ4n) is 1.68. The third-order valence-corrected chi connectivity index (χ3v) is 2.83. The summed E-state index contributed by atoms with van der Waals surface area (Å²) in [7, 11) is 0. The van der Waals surface area contributed by atoms with E-state index in [-0.39, 0.29) is 5.78 Å². The smallest absolute Gasteiger partial charge is 0.193 e. The lowest BCUT2D eigenvalue weighted by atomic mass is 10.0. The SMILES string of the molecule is N#CCc1cccc(C(=O)c2ccc(Cl)cc2)c1. The molecule has 0 amide bonds. The maximum atomic E-state index is 12.2. The molecule has 0 saturated heterocycles. The Morgan fingerprint density at radius 1 is 1.11 bits per heavy atom. The van der Waals surface area contributed by atoms with E-state index in [4.69, 9.17) is 16.9 Å². The van der Waals surface area contributed by atoms with Gasteiger partial charge in [0, 0.05) is 16.1 Å². The number of carbonyl (C=O) groups is 1. The van der Waals surface area contributed by atoms with Crippen molar-refractivity contribution in [2.45, 2.75) is 6.42 Å². The van der Waals surface area contributed by atoms with E-state index in [0.717, 1.165) is 5.56 Å². The van der Waals surface area contributed by atoms with Crippen LogP contribution in [0.15, 0.2) is 48.5 Å². The number of hydrogen-bond acceptors (Lipinski definition) is 2. The van der Waals surface area contributed by atoms with Crippen molar-refractivity contribution in [2.24, 2.45) is 0 Å². The molecule has 0 fully saturated rings. The lowest BCUT2D eigenvalue weighted by molar-refractivity contribution is 0.103. The van der Waals surface area contributed by atoms with Crippen molar-refractivity contribution in [2.75, 3.05) is 0 Å². The van der Waals surface area contributed by atoms with E-state index < -0.39 is 0 Å². The van der Waals surface area contributed by atoms with E-state index >= 15 is 0 Å². The Bertz CT molecular complexity index is 611. The second-order valence-electron chi connectivity index (χ2n) is 3.87. The highest BCUT2D eigenvalue weighted by Gasteiger charge is 2.09. The zero-order chi connectivity index (χ0) is 13.0. The largest absolute Gasteiger partial charge is 0.289 e. The number of nitriles is 1. The second kappa shape index (κ2) is 5.48. The Kier molecular flexibility index (Phi) is 3.76. The number of nitrogens with zero attached hydrogens (tertiary/aromatic N) is 1. The van der Waals surface area contributed by atoms with Gasteiger partial charge in [-0.25, -0.2) is 0 Å². The van der Waals surface area contributed by atoms with Gasteiger partial charge in [-0.1, -0.05) is 29.8 Å². The summed E-state index contributed by atoms with van der Waals surface area (Å²) < 4.78 is 0. The molecule has 88 valence electrons. The molecule has 3 heteroatoms. The maximum Gasteiger partial charge on any atom is 0.193 e. The number of hydrogen-bond donors (Lipinski definition) is 0. The van der Waals surface area contributed by atoms with Crippen LogP contribution < -0.4 is 0 Å². The van der Waals surface area contributed by atoms with Crippen molar-refractivity contribution in [1.82, 2.24) is 0 Å². The summed E-state index contributed by atoms with van der Waals surface area (Å²) in [6.45, 7) is 0. The quantitative estimate of drug-likeness (QED) is 0.786. The van der Waals surface area contributed by atoms with Crippen LogP contribution in [0, 0.1) is 11.3 Å². The van der Waals surface area contributed by atoms with E-state index in [0.29, 0.717) is 22.6 Å². The minimum atomic E-state index is -0.0635. The van der Waals surface area contributed by atoms with Gasteiger partial charge in [-0.05, 0) is 35.9 Å². The highest BCUT2D eigenvalue weighted by Crippen LogP contribution is 2.15. The molecule has 2 aromatic rings. The summed E-state index contributed by atoms with van der Waals surface area (Å²) in [5, 5.41) is 9.25. The molecule has 0 N–H and O–H groups in total. The van der Waals surface area contributed by atoms with E-state index in [2.05, 4.69) is 6.07 Å². The summed E-state index contributed by atoms with van der Waals surface area (Å²) in [6.07, 6.45) is 0.307. The highest BCUT2D eigenvalue weighted by molar-refractivity contribution is 6.30. The van der Waals surface area contributed by atoms with Gasteiger partial charge in [-0.3, -0.25) is 4.79 Å². The first-order chi connectivity index (χ1) is 8.70. The van der Waals surface area contributed by atoms with Crippen LogP contribution in [0.1, 0.15) is 21.5 Å². The summed E-state index contributed by atoms with van der Waals surface area (Å²) >= 11 is 5.78. The van der Waals surface area contributed by atoms with Crippen LogP contribution in [0.25, 0.3) is 0 Å². The number of ketones is 1. The molecule has 2 rings (SSSR count). The Hall–Kier alpha value is -2.11. The molecule has 2 aromatic carbocycles. The molecule has 2 nitrogen and oxygen atoms in total. The van der Waals surface area contributed by atoms with Crippen LogP contribution in [0.3, 0.4) is 0 Å². The number of halogens is 1. The zero-order valence-corrected chi connectivity index (χ0v) is 10.3. The topological polar surface area (TPSA) is 40.9 Å². The third kappa shape index (κ3) is 2.77. The normalized spacial score (nSPS) is 9.78.